The van der Waals surface area contributed by atoms with Crippen LogP contribution in [0, 0.1) is 13.8 Å². The van der Waals surface area contributed by atoms with Gasteiger partial charge in [0, 0.05) is 24.5 Å². The van der Waals surface area contributed by atoms with E-state index in [4.69, 9.17) is 11.6 Å². The Morgan fingerprint density at radius 1 is 0.886 bits per heavy atom. The van der Waals surface area contributed by atoms with Crippen molar-refractivity contribution in [2.75, 3.05) is 6.54 Å². The molecule has 0 aliphatic heterocycles. The molecule has 5 heteroatoms. The van der Waals surface area contributed by atoms with Crippen LogP contribution in [0.1, 0.15) is 47.6 Å². The Hall–Kier alpha value is -3.11. The van der Waals surface area contributed by atoms with Crippen LogP contribution in [-0.4, -0.2) is 29.3 Å². The minimum absolute atomic E-state index is 0.0743. The van der Waals surface area contributed by atoms with Gasteiger partial charge in [0.05, 0.1) is 6.42 Å². The number of halogens is 1. The summed E-state index contributed by atoms with van der Waals surface area (Å²) in [5.74, 6) is -0.195. The highest BCUT2D eigenvalue weighted by atomic mass is 35.5. The number of unbranched alkanes of at least 4 members (excludes halogenated alkanes) is 1. The first-order chi connectivity index (χ1) is 16.9. The first-order valence-corrected chi connectivity index (χ1v) is 12.7. The molecule has 1 atom stereocenters. The van der Waals surface area contributed by atoms with Crippen LogP contribution in [0.25, 0.3) is 0 Å². The summed E-state index contributed by atoms with van der Waals surface area (Å²) < 4.78 is 0. The summed E-state index contributed by atoms with van der Waals surface area (Å²) in [5.41, 5.74) is 5.24. The van der Waals surface area contributed by atoms with Gasteiger partial charge in [0.2, 0.25) is 11.8 Å². The van der Waals surface area contributed by atoms with Gasteiger partial charge in [-0.15, -0.1) is 0 Å². The normalized spacial score (nSPS) is 11.7. The molecular formula is C30H35ClN2O2. The molecule has 1 N–H and O–H groups in total. The molecule has 0 radical (unpaired) electrons. The van der Waals surface area contributed by atoms with Gasteiger partial charge in [0.25, 0.3) is 0 Å². The lowest BCUT2D eigenvalue weighted by Crippen LogP contribution is -2.51. The van der Waals surface area contributed by atoms with Crippen LogP contribution in [0.4, 0.5) is 0 Å². The van der Waals surface area contributed by atoms with E-state index in [-0.39, 0.29) is 18.2 Å². The predicted molar refractivity (Wildman–Crippen MR) is 143 cm³/mol. The van der Waals surface area contributed by atoms with Gasteiger partial charge in [-0.1, -0.05) is 85.6 Å². The van der Waals surface area contributed by atoms with E-state index in [1.54, 1.807) is 4.90 Å². The van der Waals surface area contributed by atoms with Gasteiger partial charge in [0.15, 0.2) is 0 Å². The van der Waals surface area contributed by atoms with E-state index in [0.717, 1.165) is 35.1 Å². The van der Waals surface area contributed by atoms with Gasteiger partial charge in [0.1, 0.15) is 6.04 Å². The molecule has 0 heterocycles. The van der Waals surface area contributed by atoms with Crippen molar-refractivity contribution in [3.05, 3.63) is 106 Å². The van der Waals surface area contributed by atoms with Crippen molar-refractivity contribution in [3.63, 3.8) is 0 Å². The Morgan fingerprint density at radius 3 is 2.23 bits per heavy atom. The standard InChI is InChI=1S/C30H35ClN2O2/c1-4-5-17-32-30(35)28(19-24-9-7-6-8-10-24)33(21-25-13-15-27(31)16-14-25)29(34)20-26-12-11-22(2)23(3)18-26/h6-16,18,28H,4-5,17,19-21H2,1-3H3,(H,32,35)/t28-/m0/s1. The molecule has 35 heavy (non-hydrogen) atoms. The number of benzene rings is 3. The average molecular weight is 491 g/mol. The number of hydrogen-bond donors (Lipinski definition) is 1. The molecule has 0 saturated heterocycles. The van der Waals surface area contributed by atoms with Crippen LogP contribution in [0.3, 0.4) is 0 Å². The molecule has 3 rings (SSSR count). The zero-order valence-electron chi connectivity index (χ0n) is 20.9. The van der Waals surface area contributed by atoms with Crippen molar-refractivity contribution < 1.29 is 9.59 Å². The zero-order chi connectivity index (χ0) is 25.2. The molecule has 3 aromatic carbocycles. The van der Waals surface area contributed by atoms with Crippen molar-refractivity contribution in [2.45, 2.75) is 59.0 Å². The number of carbonyl (C=O) groups is 2. The maximum atomic E-state index is 13.8. The fourth-order valence-electron chi connectivity index (χ4n) is 4.04. The fraction of sp³-hybridized carbons (Fsp3) is 0.333. The van der Waals surface area contributed by atoms with Gasteiger partial charge in [-0.2, -0.15) is 0 Å². The van der Waals surface area contributed by atoms with E-state index in [0.29, 0.717) is 24.5 Å². The predicted octanol–water partition coefficient (Wildman–Crippen LogP) is 6.06. The summed E-state index contributed by atoms with van der Waals surface area (Å²) in [4.78, 5) is 28.9. The lowest BCUT2D eigenvalue weighted by molar-refractivity contribution is -0.140. The molecule has 3 aromatic rings. The number of rotatable bonds is 11. The molecule has 0 aromatic heterocycles. The monoisotopic (exact) mass is 490 g/mol. The average Bonchev–Trinajstić information content (AvgIpc) is 2.85. The minimum atomic E-state index is -0.621. The third-order valence-electron chi connectivity index (χ3n) is 6.29. The van der Waals surface area contributed by atoms with Crippen LogP contribution in [-0.2, 0) is 29.0 Å². The number of nitrogens with zero attached hydrogens (tertiary/aromatic N) is 1. The number of carbonyl (C=O) groups excluding carboxylic acids is 2. The number of amides is 2. The third-order valence-corrected chi connectivity index (χ3v) is 6.55. The van der Waals surface area contributed by atoms with E-state index in [9.17, 15) is 9.59 Å². The number of aryl methyl sites for hydroxylation is 2. The molecule has 0 bridgehead atoms. The molecule has 0 aliphatic rings. The Bertz CT molecular complexity index is 1110. The summed E-state index contributed by atoms with van der Waals surface area (Å²) in [6.07, 6.45) is 2.58. The van der Waals surface area contributed by atoms with Gasteiger partial charge in [-0.3, -0.25) is 9.59 Å². The van der Waals surface area contributed by atoms with Crippen LogP contribution in [0.15, 0.2) is 72.8 Å². The van der Waals surface area contributed by atoms with E-state index >= 15 is 0 Å². The van der Waals surface area contributed by atoms with Gasteiger partial charge < -0.3 is 10.2 Å². The Labute approximate surface area is 214 Å². The topological polar surface area (TPSA) is 49.4 Å². The molecule has 0 unspecified atom stereocenters. The van der Waals surface area contributed by atoms with Crippen LogP contribution >= 0.6 is 11.6 Å². The molecular weight excluding hydrogens is 456 g/mol. The SMILES string of the molecule is CCCCNC(=O)[C@H](Cc1ccccc1)N(Cc1ccc(Cl)cc1)C(=O)Cc1ccc(C)c(C)c1. The fourth-order valence-corrected chi connectivity index (χ4v) is 4.16. The van der Waals surface area contributed by atoms with Crippen LogP contribution in [0.2, 0.25) is 5.02 Å². The van der Waals surface area contributed by atoms with E-state index < -0.39 is 6.04 Å². The Balaban J connectivity index is 1.94. The molecule has 4 nitrogen and oxygen atoms in total. The lowest BCUT2D eigenvalue weighted by Gasteiger charge is -2.32. The zero-order valence-corrected chi connectivity index (χ0v) is 21.6. The van der Waals surface area contributed by atoms with E-state index in [1.165, 1.54) is 5.56 Å². The van der Waals surface area contributed by atoms with Gasteiger partial charge in [-0.05, 0) is 60.2 Å². The summed E-state index contributed by atoms with van der Waals surface area (Å²) in [7, 11) is 0. The summed E-state index contributed by atoms with van der Waals surface area (Å²) in [6.45, 7) is 7.13. The Kier molecular flexibility index (Phi) is 9.92. The van der Waals surface area contributed by atoms with Crippen molar-refractivity contribution in [3.8, 4) is 0 Å². The second-order valence-corrected chi connectivity index (χ2v) is 9.53. The highest BCUT2D eigenvalue weighted by molar-refractivity contribution is 6.30. The maximum absolute atomic E-state index is 13.8. The second-order valence-electron chi connectivity index (χ2n) is 9.09. The van der Waals surface area contributed by atoms with E-state index in [2.05, 4.69) is 25.2 Å². The van der Waals surface area contributed by atoms with Crippen molar-refractivity contribution in [1.29, 1.82) is 0 Å². The first-order valence-electron chi connectivity index (χ1n) is 12.3. The number of hydrogen-bond acceptors (Lipinski definition) is 2. The molecule has 0 saturated carbocycles. The Morgan fingerprint density at radius 2 is 1.57 bits per heavy atom. The molecule has 0 aliphatic carbocycles. The molecule has 0 fully saturated rings. The van der Waals surface area contributed by atoms with Gasteiger partial charge >= 0.3 is 0 Å². The second kappa shape index (κ2) is 13.1. The summed E-state index contributed by atoms with van der Waals surface area (Å²) in [5, 5.41) is 3.70. The van der Waals surface area contributed by atoms with Crippen LogP contribution in [0.5, 0.6) is 0 Å². The third kappa shape index (κ3) is 7.97. The van der Waals surface area contributed by atoms with E-state index in [1.807, 2.05) is 73.7 Å². The van der Waals surface area contributed by atoms with Crippen molar-refractivity contribution in [1.82, 2.24) is 10.2 Å². The largest absolute Gasteiger partial charge is 0.354 e. The first kappa shape index (κ1) is 26.5. The highest BCUT2D eigenvalue weighted by Crippen LogP contribution is 2.19. The lowest BCUT2D eigenvalue weighted by atomic mass is 10.00. The van der Waals surface area contributed by atoms with Crippen molar-refractivity contribution >= 4 is 23.4 Å². The van der Waals surface area contributed by atoms with Gasteiger partial charge in [-0.25, -0.2) is 0 Å². The summed E-state index contributed by atoms with van der Waals surface area (Å²) in [6, 6.07) is 22.8. The smallest absolute Gasteiger partial charge is 0.243 e. The van der Waals surface area contributed by atoms with Crippen LogP contribution < -0.4 is 5.32 Å². The molecule has 2 amide bonds. The minimum Gasteiger partial charge on any atom is -0.354 e. The summed E-state index contributed by atoms with van der Waals surface area (Å²) >= 11 is 6.09. The molecule has 0 spiro atoms. The van der Waals surface area contributed by atoms with Crippen molar-refractivity contribution in [2.24, 2.45) is 0 Å². The quantitative estimate of drug-likeness (QED) is 0.332. The highest BCUT2D eigenvalue weighted by Gasteiger charge is 2.30. The molecule has 184 valence electrons. The number of nitrogens with one attached hydrogen (secondary N) is 1. The maximum Gasteiger partial charge on any atom is 0.243 e.